The minimum atomic E-state index is -0.258. The highest BCUT2D eigenvalue weighted by atomic mass is 79.9. The van der Waals surface area contributed by atoms with Crippen LogP contribution >= 0.6 is 27.3 Å². The number of rotatable bonds is 4. The predicted molar refractivity (Wildman–Crippen MR) is 115 cm³/mol. The molecule has 0 radical (unpaired) electrons. The third-order valence-electron chi connectivity index (χ3n) is 5.03. The highest BCUT2D eigenvalue weighted by Gasteiger charge is 2.41. The van der Waals surface area contributed by atoms with Gasteiger partial charge in [0.25, 0.3) is 0 Å². The van der Waals surface area contributed by atoms with Crippen molar-refractivity contribution >= 4 is 33.0 Å². The van der Waals surface area contributed by atoms with E-state index in [0.717, 1.165) is 33.7 Å². The van der Waals surface area contributed by atoms with Crippen LogP contribution in [0.2, 0.25) is 0 Å². The first-order valence-corrected chi connectivity index (χ1v) is 11.0. The Kier molecular flexibility index (Phi) is 4.61. The number of ether oxygens (including phenoxy) is 2. The van der Waals surface area contributed by atoms with Crippen molar-refractivity contribution in [2.45, 2.75) is 25.6 Å². The van der Waals surface area contributed by atoms with Gasteiger partial charge in [-0.3, -0.25) is 0 Å². The number of halogens is 1. The fourth-order valence-electron chi connectivity index (χ4n) is 3.76. The molecule has 0 amide bonds. The Bertz CT molecular complexity index is 1020. The van der Waals surface area contributed by atoms with E-state index < -0.39 is 0 Å². The van der Waals surface area contributed by atoms with Gasteiger partial charge in [-0.2, -0.15) is 5.10 Å². The first kappa shape index (κ1) is 17.8. The first-order valence-electron chi connectivity index (χ1n) is 9.31. The van der Waals surface area contributed by atoms with Gasteiger partial charge in [-0.05, 0) is 60.8 Å². The molecule has 142 valence electrons. The van der Waals surface area contributed by atoms with Gasteiger partial charge in [0.15, 0.2) is 0 Å². The summed E-state index contributed by atoms with van der Waals surface area (Å²) in [5.74, 6) is 1.79. The zero-order chi connectivity index (χ0) is 19.1. The molecular weight excluding hydrogens is 436 g/mol. The molecule has 2 aliphatic heterocycles. The molecule has 3 aromatic rings. The Morgan fingerprint density at radius 2 is 2.07 bits per heavy atom. The molecule has 3 heterocycles. The van der Waals surface area contributed by atoms with Gasteiger partial charge in [-0.25, -0.2) is 5.01 Å². The minimum Gasteiger partial charge on any atom is -0.494 e. The van der Waals surface area contributed by atoms with Gasteiger partial charge in [-0.1, -0.05) is 22.0 Å². The molecule has 0 saturated carbocycles. The van der Waals surface area contributed by atoms with Crippen LogP contribution in [0.1, 0.15) is 41.6 Å². The molecule has 2 aliphatic rings. The topological polar surface area (TPSA) is 34.1 Å². The molecule has 2 atom stereocenters. The fourth-order valence-corrected chi connectivity index (χ4v) is 4.86. The van der Waals surface area contributed by atoms with E-state index in [2.05, 4.69) is 56.7 Å². The summed E-state index contributed by atoms with van der Waals surface area (Å²) in [5, 5.41) is 9.19. The monoisotopic (exact) mass is 454 g/mol. The summed E-state index contributed by atoms with van der Waals surface area (Å²) in [5.41, 5.74) is 3.36. The van der Waals surface area contributed by atoms with Crippen molar-refractivity contribution in [3.8, 4) is 11.5 Å². The maximum Gasteiger partial charge on any atom is 0.213 e. The van der Waals surface area contributed by atoms with E-state index in [1.54, 1.807) is 11.3 Å². The third kappa shape index (κ3) is 3.10. The van der Waals surface area contributed by atoms with Crippen molar-refractivity contribution in [2.24, 2.45) is 5.10 Å². The summed E-state index contributed by atoms with van der Waals surface area (Å²) < 4.78 is 13.1. The second-order valence-corrected chi connectivity index (χ2v) is 8.64. The molecule has 0 spiro atoms. The Balaban J connectivity index is 1.55. The van der Waals surface area contributed by atoms with Crippen LogP contribution < -0.4 is 9.47 Å². The average Bonchev–Trinajstić information content (AvgIpc) is 3.38. The van der Waals surface area contributed by atoms with Crippen LogP contribution in [0.25, 0.3) is 0 Å². The maximum absolute atomic E-state index is 6.41. The molecule has 5 rings (SSSR count). The van der Waals surface area contributed by atoms with E-state index in [-0.39, 0.29) is 12.3 Å². The molecule has 0 bridgehead atoms. The van der Waals surface area contributed by atoms with E-state index in [1.807, 2.05) is 31.2 Å². The summed E-state index contributed by atoms with van der Waals surface area (Å²) in [6.07, 6.45) is 0.618. The number of fused-ring (bicyclic) bond motifs is 3. The lowest BCUT2D eigenvalue weighted by Crippen LogP contribution is -2.33. The second-order valence-electron chi connectivity index (χ2n) is 6.78. The number of hydrogen-bond donors (Lipinski definition) is 0. The fraction of sp³-hybridized carbons (Fsp3) is 0.227. The van der Waals surface area contributed by atoms with Gasteiger partial charge >= 0.3 is 0 Å². The van der Waals surface area contributed by atoms with Crippen molar-refractivity contribution in [3.63, 3.8) is 0 Å². The Labute approximate surface area is 176 Å². The van der Waals surface area contributed by atoms with Crippen LogP contribution in [0, 0.1) is 0 Å². The number of benzene rings is 2. The van der Waals surface area contributed by atoms with Crippen molar-refractivity contribution < 1.29 is 9.47 Å². The molecule has 6 heteroatoms. The number of nitrogens with zero attached hydrogens (tertiary/aromatic N) is 2. The SMILES string of the molecule is CCOc1ccc([C@H]2Oc3ccc(Br)cc3[C@H]3CC(c4cccs4)=NN32)cc1. The van der Waals surface area contributed by atoms with E-state index in [4.69, 9.17) is 14.6 Å². The molecule has 0 N–H and O–H groups in total. The number of hydrogen-bond acceptors (Lipinski definition) is 5. The van der Waals surface area contributed by atoms with Crippen LogP contribution in [-0.4, -0.2) is 17.3 Å². The molecular formula is C22H19BrN2O2S. The van der Waals surface area contributed by atoms with E-state index in [1.165, 1.54) is 10.4 Å². The molecule has 1 aromatic heterocycles. The van der Waals surface area contributed by atoms with Crippen LogP contribution in [0.4, 0.5) is 0 Å². The normalized spacial score (nSPS) is 20.2. The predicted octanol–water partition coefficient (Wildman–Crippen LogP) is 6.15. The van der Waals surface area contributed by atoms with E-state index in [9.17, 15) is 0 Å². The van der Waals surface area contributed by atoms with Gasteiger partial charge in [0.2, 0.25) is 6.23 Å². The first-order chi connectivity index (χ1) is 13.7. The van der Waals surface area contributed by atoms with E-state index in [0.29, 0.717) is 6.61 Å². The maximum atomic E-state index is 6.41. The summed E-state index contributed by atoms with van der Waals surface area (Å²) in [7, 11) is 0. The van der Waals surface area contributed by atoms with Gasteiger partial charge in [0.1, 0.15) is 11.5 Å². The van der Waals surface area contributed by atoms with Crippen LogP contribution in [-0.2, 0) is 0 Å². The van der Waals surface area contributed by atoms with E-state index >= 15 is 0 Å². The smallest absolute Gasteiger partial charge is 0.213 e. The summed E-state index contributed by atoms with van der Waals surface area (Å²) in [6.45, 7) is 2.65. The number of hydrazone groups is 1. The molecule has 0 saturated heterocycles. The largest absolute Gasteiger partial charge is 0.494 e. The highest BCUT2D eigenvalue weighted by Crippen LogP contribution is 2.48. The third-order valence-corrected chi connectivity index (χ3v) is 6.45. The van der Waals surface area contributed by atoms with Gasteiger partial charge in [0.05, 0.1) is 23.2 Å². The highest BCUT2D eigenvalue weighted by molar-refractivity contribution is 9.10. The summed E-state index contributed by atoms with van der Waals surface area (Å²) in [4.78, 5) is 1.22. The molecule has 0 unspecified atom stereocenters. The average molecular weight is 455 g/mol. The molecule has 2 aromatic carbocycles. The van der Waals surface area contributed by atoms with Crippen LogP contribution in [0.15, 0.2) is 69.6 Å². The van der Waals surface area contributed by atoms with Crippen molar-refractivity contribution in [3.05, 3.63) is 80.5 Å². The zero-order valence-corrected chi connectivity index (χ0v) is 17.7. The minimum absolute atomic E-state index is 0.162. The van der Waals surface area contributed by atoms with Crippen molar-refractivity contribution in [2.75, 3.05) is 6.61 Å². The molecule has 4 nitrogen and oxygen atoms in total. The Morgan fingerprint density at radius 1 is 1.21 bits per heavy atom. The zero-order valence-electron chi connectivity index (χ0n) is 15.3. The van der Waals surface area contributed by atoms with Gasteiger partial charge in [-0.15, -0.1) is 11.3 Å². The van der Waals surface area contributed by atoms with Crippen LogP contribution in [0.5, 0.6) is 11.5 Å². The van der Waals surface area contributed by atoms with Crippen molar-refractivity contribution in [1.29, 1.82) is 0 Å². The molecule has 0 aliphatic carbocycles. The standard InChI is InChI=1S/C22H19BrN2O2S/c1-2-26-16-8-5-14(6-9-16)22-25-19(13-18(24-25)21-4-3-11-28-21)17-12-15(23)7-10-20(17)27-22/h3-12,19,22H,2,13H2,1H3/t19-,22-/m1/s1. The van der Waals surface area contributed by atoms with Crippen molar-refractivity contribution in [1.82, 2.24) is 5.01 Å². The summed E-state index contributed by atoms with van der Waals surface area (Å²) >= 11 is 5.33. The number of thiophene rings is 1. The summed E-state index contributed by atoms with van der Waals surface area (Å²) in [6, 6.07) is 18.7. The lowest BCUT2D eigenvalue weighted by atomic mass is 9.97. The quantitative estimate of drug-likeness (QED) is 0.473. The molecule has 0 fully saturated rings. The Morgan fingerprint density at radius 3 is 2.82 bits per heavy atom. The Hall–Kier alpha value is -2.31. The second kappa shape index (κ2) is 7.26. The lowest BCUT2D eigenvalue weighted by Gasteiger charge is -2.38. The lowest BCUT2D eigenvalue weighted by molar-refractivity contribution is -0.0191. The van der Waals surface area contributed by atoms with Gasteiger partial charge < -0.3 is 9.47 Å². The van der Waals surface area contributed by atoms with Crippen LogP contribution in [0.3, 0.4) is 0 Å². The molecule has 28 heavy (non-hydrogen) atoms. The van der Waals surface area contributed by atoms with Gasteiger partial charge in [0, 0.05) is 22.0 Å².